The van der Waals surface area contributed by atoms with Crippen molar-refractivity contribution >= 4 is 46.0 Å². The van der Waals surface area contributed by atoms with Crippen molar-refractivity contribution in [2.75, 3.05) is 42.7 Å². The number of rotatable bonds is 8. The number of carbonyl (C=O) groups excluding carboxylic acids is 2. The van der Waals surface area contributed by atoms with E-state index in [0.29, 0.717) is 54.9 Å². The van der Waals surface area contributed by atoms with Crippen LogP contribution in [-0.4, -0.2) is 92.6 Å². The van der Waals surface area contributed by atoms with E-state index in [2.05, 4.69) is 30.5 Å². The fourth-order valence-corrected chi connectivity index (χ4v) is 6.49. The first-order valence-corrected chi connectivity index (χ1v) is 14.6. The highest BCUT2D eigenvalue weighted by atomic mass is 32.2. The highest BCUT2D eigenvalue weighted by Crippen LogP contribution is 2.36. The first kappa shape index (κ1) is 26.5. The lowest BCUT2D eigenvalue weighted by molar-refractivity contribution is -0.113. The molecule has 5 heterocycles. The number of benzene rings is 2. The van der Waals surface area contributed by atoms with Gasteiger partial charge in [0.25, 0.3) is 0 Å². The maximum atomic E-state index is 12.9. The molecule has 2 aromatic carbocycles. The van der Waals surface area contributed by atoms with Gasteiger partial charge in [-0.2, -0.15) is 0 Å². The van der Waals surface area contributed by atoms with E-state index in [1.54, 1.807) is 22.9 Å². The van der Waals surface area contributed by atoms with E-state index in [9.17, 15) is 9.59 Å². The average molecular weight is 589 g/mol. The molecular formula is C28H28N8O5S. The Morgan fingerprint density at radius 1 is 1.12 bits per heavy atom. The summed E-state index contributed by atoms with van der Waals surface area (Å²) in [7, 11) is 1.62. The van der Waals surface area contributed by atoms with Gasteiger partial charge in [0, 0.05) is 42.3 Å². The minimum Gasteiger partial charge on any atom is -0.497 e. The molecule has 0 spiro atoms. The number of cyclic esters (lactones) is 1. The van der Waals surface area contributed by atoms with Gasteiger partial charge in [0.2, 0.25) is 11.8 Å². The summed E-state index contributed by atoms with van der Waals surface area (Å²) in [6.45, 7) is 2.15. The molecule has 0 radical (unpaired) electrons. The molecule has 0 bridgehead atoms. The van der Waals surface area contributed by atoms with Crippen molar-refractivity contribution in [2.24, 2.45) is 0 Å². The molecule has 13 nitrogen and oxygen atoms in total. The Hall–Kier alpha value is -4.43. The highest BCUT2D eigenvalue weighted by Gasteiger charge is 2.40. The minimum absolute atomic E-state index is 0.0511. The quantitative estimate of drug-likeness (QED) is 0.325. The number of carbonyl (C=O) groups is 2. The topological polar surface area (TPSA) is 137 Å². The molecule has 0 unspecified atom stereocenters. The van der Waals surface area contributed by atoms with Gasteiger partial charge in [-0.3, -0.25) is 19.3 Å². The number of nitrogens with zero attached hydrogens (tertiary/aromatic N) is 7. The van der Waals surface area contributed by atoms with Crippen LogP contribution in [0, 0.1) is 0 Å². The number of fused-ring (bicyclic) bond motifs is 2. The number of anilines is 2. The van der Waals surface area contributed by atoms with E-state index in [-0.39, 0.29) is 24.2 Å². The number of aromatic nitrogens is 5. The maximum Gasteiger partial charge on any atom is 0.414 e. The molecule has 4 aromatic rings. The molecule has 3 aliphatic rings. The molecule has 14 heteroatoms. The van der Waals surface area contributed by atoms with Crippen molar-refractivity contribution in [3.05, 3.63) is 55.1 Å². The summed E-state index contributed by atoms with van der Waals surface area (Å²) in [5, 5.41) is 11.8. The van der Waals surface area contributed by atoms with Gasteiger partial charge in [-0.05, 0) is 36.4 Å². The lowest BCUT2D eigenvalue weighted by atomic mass is 10.2. The lowest BCUT2D eigenvalue weighted by Gasteiger charge is -2.25. The van der Waals surface area contributed by atoms with Crippen LogP contribution in [0.4, 0.5) is 16.2 Å². The Morgan fingerprint density at radius 3 is 2.90 bits per heavy atom. The first-order chi connectivity index (χ1) is 20.5. The number of nitrogens with one attached hydrogen (secondary N) is 1. The van der Waals surface area contributed by atoms with Gasteiger partial charge in [-0.1, -0.05) is 5.21 Å². The molecule has 2 fully saturated rings. The fourth-order valence-electron chi connectivity index (χ4n) is 5.70. The second-order valence-corrected chi connectivity index (χ2v) is 11.4. The van der Waals surface area contributed by atoms with Crippen LogP contribution in [0.3, 0.4) is 0 Å². The van der Waals surface area contributed by atoms with E-state index in [1.807, 2.05) is 42.6 Å². The molecule has 216 valence electrons. The zero-order valence-electron chi connectivity index (χ0n) is 22.8. The van der Waals surface area contributed by atoms with Crippen LogP contribution in [0.25, 0.3) is 10.9 Å². The predicted octanol–water partition coefficient (Wildman–Crippen LogP) is 2.82. The average Bonchev–Trinajstić information content (AvgIpc) is 3.74. The Kier molecular flexibility index (Phi) is 6.99. The summed E-state index contributed by atoms with van der Waals surface area (Å²) in [6.07, 6.45) is 4.81. The molecule has 0 aliphatic carbocycles. The first-order valence-electron chi connectivity index (χ1n) is 13.6. The SMILES string of the molecule is COc1ccc2ncnc(O[C@H]3C[C@@H](Cn4ccnn4)N(C[C@@H]4CN(c5ccc6c(c5)NC(=O)CS6)C(=O)O4)C3)c2c1. The number of ether oxygens (including phenoxy) is 3. The molecule has 7 rings (SSSR count). The third kappa shape index (κ3) is 5.30. The predicted molar refractivity (Wildman–Crippen MR) is 154 cm³/mol. The van der Waals surface area contributed by atoms with Gasteiger partial charge in [0.15, 0.2) is 0 Å². The van der Waals surface area contributed by atoms with Gasteiger partial charge in [-0.15, -0.1) is 16.9 Å². The zero-order chi connectivity index (χ0) is 28.6. The molecule has 2 amide bonds. The molecule has 3 atom stereocenters. The molecule has 42 heavy (non-hydrogen) atoms. The standard InChI is InChI=1S/C28H28N8O5S/c1-39-19-3-4-23-22(10-19)27(30-16-29-23)40-20-8-18(11-35-7-6-31-33-35)34(12-20)13-21-14-36(28(38)41-21)17-2-5-25-24(9-17)32-26(37)15-42-25/h2-7,9-10,16,18,20-21H,8,11-15H2,1H3,(H,32,37)/t18-,20-,21+/m0/s1. The smallest absolute Gasteiger partial charge is 0.414 e. The third-order valence-electron chi connectivity index (χ3n) is 7.66. The molecule has 2 saturated heterocycles. The van der Waals surface area contributed by atoms with Crippen molar-refractivity contribution in [3.8, 4) is 11.6 Å². The van der Waals surface area contributed by atoms with E-state index in [4.69, 9.17) is 14.2 Å². The van der Waals surface area contributed by atoms with Crippen molar-refractivity contribution in [2.45, 2.75) is 36.1 Å². The van der Waals surface area contributed by atoms with Crippen LogP contribution in [-0.2, 0) is 16.1 Å². The monoisotopic (exact) mass is 588 g/mol. The Bertz CT molecular complexity index is 1640. The van der Waals surface area contributed by atoms with E-state index >= 15 is 0 Å². The molecule has 2 aromatic heterocycles. The van der Waals surface area contributed by atoms with Crippen molar-refractivity contribution in [3.63, 3.8) is 0 Å². The summed E-state index contributed by atoms with van der Waals surface area (Å²) in [5.41, 5.74) is 2.18. The number of methoxy groups -OCH3 is 1. The number of likely N-dealkylation sites (tertiary alicyclic amines) is 1. The van der Waals surface area contributed by atoms with Crippen LogP contribution in [0.5, 0.6) is 11.6 Å². The summed E-state index contributed by atoms with van der Waals surface area (Å²) < 4.78 is 19.5. The van der Waals surface area contributed by atoms with Gasteiger partial charge in [-0.25, -0.2) is 14.8 Å². The lowest BCUT2D eigenvalue weighted by Crippen LogP contribution is -2.40. The normalized spacial score (nSPS) is 22.2. The minimum atomic E-state index is -0.407. The maximum absolute atomic E-state index is 12.9. The second kappa shape index (κ2) is 11.1. The van der Waals surface area contributed by atoms with Crippen LogP contribution in [0.15, 0.2) is 60.0 Å². The van der Waals surface area contributed by atoms with Crippen LogP contribution >= 0.6 is 11.8 Å². The van der Waals surface area contributed by atoms with Crippen molar-refractivity contribution in [1.82, 2.24) is 29.9 Å². The number of thioether (sulfide) groups is 1. The summed E-state index contributed by atoms with van der Waals surface area (Å²) in [6, 6.07) is 11.3. The van der Waals surface area contributed by atoms with E-state index in [0.717, 1.165) is 22.2 Å². The zero-order valence-corrected chi connectivity index (χ0v) is 23.6. The molecular weight excluding hydrogens is 560 g/mol. The largest absolute Gasteiger partial charge is 0.497 e. The summed E-state index contributed by atoms with van der Waals surface area (Å²) >= 11 is 1.48. The summed E-state index contributed by atoms with van der Waals surface area (Å²) in [4.78, 5) is 38.5. The third-order valence-corrected chi connectivity index (χ3v) is 8.74. The number of hydrogen-bond donors (Lipinski definition) is 1. The highest BCUT2D eigenvalue weighted by molar-refractivity contribution is 8.00. The van der Waals surface area contributed by atoms with Gasteiger partial charge in [0.05, 0.1) is 48.7 Å². The second-order valence-electron chi connectivity index (χ2n) is 10.4. The molecule has 0 saturated carbocycles. The van der Waals surface area contributed by atoms with Crippen LogP contribution in [0.2, 0.25) is 0 Å². The van der Waals surface area contributed by atoms with Crippen molar-refractivity contribution < 1.29 is 23.8 Å². The summed E-state index contributed by atoms with van der Waals surface area (Å²) in [5.74, 6) is 1.54. The Balaban J connectivity index is 1.07. The van der Waals surface area contributed by atoms with Gasteiger partial charge >= 0.3 is 6.09 Å². The van der Waals surface area contributed by atoms with E-state index < -0.39 is 6.09 Å². The number of amides is 2. The van der Waals surface area contributed by atoms with Gasteiger partial charge < -0.3 is 19.5 Å². The Labute approximate surface area is 245 Å². The van der Waals surface area contributed by atoms with Gasteiger partial charge in [0.1, 0.15) is 24.3 Å². The Morgan fingerprint density at radius 2 is 2.05 bits per heavy atom. The fraction of sp³-hybridized carbons (Fsp3) is 0.357. The van der Waals surface area contributed by atoms with Crippen LogP contribution < -0.4 is 19.7 Å². The molecule has 3 aliphatic heterocycles. The van der Waals surface area contributed by atoms with Crippen LogP contribution in [0.1, 0.15) is 6.42 Å². The van der Waals surface area contributed by atoms with E-state index in [1.165, 1.54) is 18.1 Å². The van der Waals surface area contributed by atoms with Crippen molar-refractivity contribution in [1.29, 1.82) is 0 Å². The number of hydrogen-bond acceptors (Lipinski definition) is 11. The molecule has 1 N–H and O–H groups in total.